The first-order chi connectivity index (χ1) is 10.3. The quantitative estimate of drug-likeness (QED) is 0.589. The van der Waals surface area contributed by atoms with E-state index in [-0.39, 0.29) is 11.9 Å². The Morgan fingerprint density at radius 1 is 1.36 bits per heavy atom. The topological polar surface area (TPSA) is 74.2 Å². The first-order valence-corrected chi connectivity index (χ1v) is 6.66. The van der Waals surface area contributed by atoms with Gasteiger partial charge in [-0.15, -0.1) is 0 Å². The molecule has 6 heteroatoms. The zero-order valence-electron chi connectivity index (χ0n) is 13.8. The number of rotatable bonds is 4. The molecule has 0 unspecified atom stereocenters. The van der Waals surface area contributed by atoms with Crippen molar-refractivity contribution in [1.29, 1.82) is 0 Å². The van der Waals surface area contributed by atoms with Crippen LogP contribution in [0.4, 0.5) is 0 Å². The van der Waals surface area contributed by atoms with Gasteiger partial charge in [0, 0.05) is 17.2 Å². The number of carbonyl (C=O) groups is 2. The Balaban J connectivity index is 0. The van der Waals surface area contributed by atoms with Crippen molar-refractivity contribution in [1.82, 2.24) is 0 Å². The normalized spacial score (nSPS) is 11.2. The van der Waals surface area contributed by atoms with E-state index in [1.807, 2.05) is 6.92 Å². The summed E-state index contributed by atoms with van der Waals surface area (Å²) < 4.78 is 13.8. The van der Waals surface area contributed by atoms with Crippen LogP contribution in [0.1, 0.15) is 20.8 Å². The van der Waals surface area contributed by atoms with Crippen LogP contribution in [-0.2, 0) is 23.8 Å². The lowest BCUT2D eigenvalue weighted by molar-refractivity contribution is -0.137. The van der Waals surface area contributed by atoms with Crippen molar-refractivity contribution in [3.63, 3.8) is 0 Å². The monoisotopic (exact) mass is 311 g/mol. The molecule has 0 aromatic carbocycles. The summed E-state index contributed by atoms with van der Waals surface area (Å²) in [6, 6.07) is 0. The number of nitrogens with zero attached hydrogens (tertiary/aromatic N) is 1. The molecule has 0 atom stereocenters. The van der Waals surface area contributed by atoms with Crippen LogP contribution in [0.15, 0.2) is 42.0 Å². The van der Waals surface area contributed by atoms with Crippen LogP contribution >= 0.6 is 0 Å². The molecule has 0 N–H and O–H groups in total. The molecule has 6 nitrogen and oxygen atoms in total. The molecule has 0 amide bonds. The second-order valence-electron chi connectivity index (χ2n) is 4.04. The van der Waals surface area contributed by atoms with Crippen molar-refractivity contribution in [2.45, 2.75) is 20.8 Å². The summed E-state index contributed by atoms with van der Waals surface area (Å²) in [5.41, 5.74) is 1.35. The van der Waals surface area contributed by atoms with Crippen LogP contribution in [0.25, 0.3) is 0 Å². The van der Waals surface area contributed by atoms with Gasteiger partial charge in [0.05, 0.1) is 20.3 Å². The number of methoxy groups -OCH3 is 1. The van der Waals surface area contributed by atoms with Crippen molar-refractivity contribution < 1.29 is 23.8 Å². The van der Waals surface area contributed by atoms with Gasteiger partial charge in [0.1, 0.15) is 6.61 Å². The standard InChI is InChI=1S/C6H9NO.2C5H8O2/c1-5(2)6-7-3-4-8-6;1-4(2)5(6)7-3;1-3-5(6)7-4-2/h1,3-4H2,2H3;1H2,2-3H3;3H,1,4H2,2H3. The highest BCUT2D eigenvalue weighted by Crippen LogP contribution is 2.01. The van der Waals surface area contributed by atoms with Crippen molar-refractivity contribution in [2.24, 2.45) is 4.99 Å². The van der Waals surface area contributed by atoms with E-state index in [4.69, 9.17) is 4.74 Å². The summed E-state index contributed by atoms with van der Waals surface area (Å²) >= 11 is 0. The molecule has 0 fully saturated rings. The van der Waals surface area contributed by atoms with Crippen molar-refractivity contribution in [2.75, 3.05) is 26.9 Å². The molecule has 0 saturated carbocycles. The third kappa shape index (κ3) is 12.7. The molecule has 0 radical (unpaired) electrons. The molecule has 1 aliphatic rings. The summed E-state index contributed by atoms with van der Waals surface area (Å²) in [6.07, 6.45) is 1.14. The molecule has 1 aliphatic heterocycles. The van der Waals surface area contributed by atoms with Crippen LogP contribution < -0.4 is 0 Å². The van der Waals surface area contributed by atoms with Gasteiger partial charge in [-0.1, -0.05) is 19.7 Å². The molecule has 1 heterocycles. The van der Waals surface area contributed by atoms with Gasteiger partial charge in [0.15, 0.2) is 0 Å². The smallest absolute Gasteiger partial charge is 0.332 e. The average Bonchev–Trinajstić information content (AvgIpc) is 3.02. The Labute approximate surface area is 132 Å². The number of hydrogen-bond acceptors (Lipinski definition) is 6. The Morgan fingerprint density at radius 3 is 2.09 bits per heavy atom. The van der Waals surface area contributed by atoms with Gasteiger partial charge in [-0.05, 0) is 20.8 Å². The van der Waals surface area contributed by atoms with Gasteiger partial charge in [-0.2, -0.15) is 0 Å². The SMILES string of the molecule is C=C(C)C(=O)OC.C=C(C)C1=NCCO1.C=CC(=O)OCC. The van der Waals surface area contributed by atoms with E-state index >= 15 is 0 Å². The highest BCUT2D eigenvalue weighted by molar-refractivity contribution is 5.93. The minimum absolute atomic E-state index is 0.347. The zero-order valence-corrected chi connectivity index (χ0v) is 13.8. The maximum Gasteiger partial charge on any atom is 0.332 e. The fourth-order valence-electron chi connectivity index (χ4n) is 0.969. The zero-order chi connectivity index (χ0) is 17.5. The molecular formula is C16H25NO5. The molecule has 0 aromatic rings. The summed E-state index contributed by atoms with van der Waals surface area (Å²) in [5.74, 6) is 0.0208. The highest BCUT2D eigenvalue weighted by Gasteiger charge is 2.05. The molecule has 0 aliphatic carbocycles. The van der Waals surface area contributed by atoms with E-state index in [2.05, 4.69) is 34.2 Å². The van der Waals surface area contributed by atoms with Gasteiger partial charge in [-0.25, -0.2) is 14.6 Å². The summed E-state index contributed by atoms with van der Waals surface area (Å²) in [4.78, 5) is 24.3. The molecule has 0 bridgehead atoms. The minimum Gasteiger partial charge on any atom is -0.476 e. The summed E-state index contributed by atoms with van der Waals surface area (Å²) in [7, 11) is 1.33. The maximum absolute atomic E-state index is 10.2. The lowest BCUT2D eigenvalue weighted by Crippen LogP contribution is -1.98. The number of aliphatic imine (C=N–C) groups is 1. The van der Waals surface area contributed by atoms with Crippen LogP contribution in [0.2, 0.25) is 0 Å². The third-order valence-corrected chi connectivity index (χ3v) is 1.94. The predicted molar refractivity (Wildman–Crippen MR) is 86.7 cm³/mol. The second-order valence-corrected chi connectivity index (χ2v) is 4.04. The van der Waals surface area contributed by atoms with E-state index in [1.165, 1.54) is 7.11 Å². The van der Waals surface area contributed by atoms with Gasteiger partial charge in [0.25, 0.3) is 0 Å². The van der Waals surface area contributed by atoms with Crippen molar-refractivity contribution in [3.8, 4) is 0 Å². The van der Waals surface area contributed by atoms with Crippen LogP contribution in [-0.4, -0.2) is 44.7 Å². The summed E-state index contributed by atoms with van der Waals surface area (Å²) in [5, 5.41) is 0. The van der Waals surface area contributed by atoms with Gasteiger partial charge in [0.2, 0.25) is 5.90 Å². The van der Waals surface area contributed by atoms with E-state index in [0.29, 0.717) is 12.2 Å². The predicted octanol–water partition coefficient (Wildman–Crippen LogP) is 2.46. The van der Waals surface area contributed by atoms with E-state index in [1.54, 1.807) is 13.8 Å². The van der Waals surface area contributed by atoms with E-state index < -0.39 is 0 Å². The van der Waals surface area contributed by atoms with E-state index in [0.717, 1.165) is 30.7 Å². The second kappa shape index (κ2) is 13.6. The van der Waals surface area contributed by atoms with Crippen molar-refractivity contribution in [3.05, 3.63) is 37.0 Å². The molecule has 1 rings (SSSR count). The van der Waals surface area contributed by atoms with Gasteiger partial charge < -0.3 is 14.2 Å². The van der Waals surface area contributed by atoms with E-state index in [9.17, 15) is 9.59 Å². The molecule has 124 valence electrons. The third-order valence-electron chi connectivity index (χ3n) is 1.94. The first-order valence-electron chi connectivity index (χ1n) is 6.66. The molecule has 0 saturated heterocycles. The Bertz CT molecular complexity index is 436. The lowest BCUT2D eigenvalue weighted by Gasteiger charge is -1.95. The average molecular weight is 311 g/mol. The molecule has 0 aromatic heterocycles. The minimum atomic E-state index is -0.359. The van der Waals surface area contributed by atoms with Crippen LogP contribution in [0, 0.1) is 0 Å². The molecular weight excluding hydrogens is 286 g/mol. The lowest BCUT2D eigenvalue weighted by atomic mass is 10.4. The number of ether oxygens (including phenoxy) is 3. The Morgan fingerprint density at radius 2 is 1.95 bits per heavy atom. The fourth-order valence-corrected chi connectivity index (χ4v) is 0.969. The van der Waals surface area contributed by atoms with Gasteiger partial charge in [-0.3, -0.25) is 0 Å². The first kappa shape index (κ1) is 21.9. The van der Waals surface area contributed by atoms with Crippen molar-refractivity contribution >= 4 is 17.8 Å². The maximum atomic E-state index is 10.2. The number of hydrogen-bond donors (Lipinski definition) is 0. The Kier molecular flexibility index (Phi) is 13.6. The molecule has 22 heavy (non-hydrogen) atoms. The highest BCUT2D eigenvalue weighted by atomic mass is 16.5. The number of esters is 2. The fraction of sp³-hybridized carbons (Fsp3) is 0.438. The largest absolute Gasteiger partial charge is 0.476 e. The molecule has 0 spiro atoms. The summed E-state index contributed by atoms with van der Waals surface area (Å²) in [6.45, 7) is 17.4. The van der Waals surface area contributed by atoms with Crippen LogP contribution in [0.5, 0.6) is 0 Å². The number of carbonyl (C=O) groups excluding carboxylic acids is 2. The van der Waals surface area contributed by atoms with Crippen LogP contribution in [0.3, 0.4) is 0 Å². The van der Waals surface area contributed by atoms with Gasteiger partial charge >= 0.3 is 11.9 Å². The Hall–Kier alpha value is -2.37.